The van der Waals surface area contributed by atoms with Crippen molar-refractivity contribution in [2.24, 2.45) is 0 Å². The smallest absolute Gasteiger partial charge is 0.332 e. The van der Waals surface area contributed by atoms with Crippen LogP contribution in [0.4, 0.5) is 0 Å². The normalized spacial score (nSPS) is 20.5. The second-order valence-electron chi connectivity index (χ2n) is 4.52. The predicted molar refractivity (Wildman–Crippen MR) is 69.5 cm³/mol. The van der Waals surface area contributed by atoms with E-state index in [4.69, 9.17) is 9.84 Å². The molecule has 0 bridgehead atoms. The van der Waals surface area contributed by atoms with Gasteiger partial charge in [0.2, 0.25) is 0 Å². The highest BCUT2D eigenvalue weighted by molar-refractivity contribution is 6.21. The second kappa shape index (κ2) is 6.29. The fourth-order valence-electron chi connectivity index (χ4n) is 2.05. The van der Waals surface area contributed by atoms with Crippen molar-refractivity contribution in [1.82, 2.24) is 5.32 Å². The van der Waals surface area contributed by atoms with Crippen LogP contribution < -0.4 is 5.32 Å². The number of aliphatic carboxylic acids is 1. The van der Waals surface area contributed by atoms with E-state index in [1.165, 1.54) is 0 Å². The van der Waals surface area contributed by atoms with Gasteiger partial charge in [0.25, 0.3) is 11.8 Å². The number of rotatable bonds is 1. The Bertz CT molecular complexity index is 501. The molecule has 0 radical (unpaired) electrons. The molecule has 106 valence electrons. The third-order valence-corrected chi connectivity index (χ3v) is 3.10. The molecule has 0 saturated carbocycles. The summed E-state index contributed by atoms with van der Waals surface area (Å²) in [5, 5.41) is 10.6. The van der Waals surface area contributed by atoms with E-state index in [9.17, 15) is 14.4 Å². The number of ether oxygens (including phenoxy) is 1. The lowest BCUT2D eigenvalue weighted by molar-refractivity contribution is -0.153. The molecule has 2 aliphatic rings. The zero-order chi connectivity index (χ0) is 14.5. The van der Waals surface area contributed by atoms with Crippen molar-refractivity contribution < 1.29 is 24.2 Å². The summed E-state index contributed by atoms with van der Waals surface area (Å²) in [6, 6.07) is 6.74. The summed E-state index contributed by atoms with van der Waals surface area (Å²) in [5.74, 6) is -1.43. The van der Waals surface area contributed by atoms with Crippen molar-refractivity contribution >= 4 is 17.8 Å². The van der Waals surface area contributed by atoms with Gasteiger partial charge in [-0.05, 0) is 31.4 Å². The molecule has 1 aromatic carbocycles. The highest BCUT2D eigenvalue weighted by Crippen LogP contribution is 2.13. The Morgan fingerprint density at radius 3 is 2.15 bits per heavy atom. The Labute approximate surface area is 115 Å². The Balaban J connectivity index is 0.000000151. The second-order valence-corrected chi connectivity index (χ2v) is 4.52. The SMILES string of the molecule is O=C(O)C1CCCCO1.O=C1NC(=O)c2ccccc21. The molecule has 2 aliphatic heterocycles. The van der Waals surface area contributed by atoms with Gasteiger partial charge in [0, 0.05) is 6.61 Å². The van der Waals surface area contributed by atoms with Crippen molar-refractivity contribution in [3.8, 4) is 0 Å². The molecule has 20 heavy (non-hydrogen) atoms. The van der Waals surface area contributed by atoms with Crippen molar-refractivity contribution in [3.63, 3.8) is 0 Å². The van der Waals surface area contributed by atoms with Crippen molar-refractivity contribution in [2.75, 3.05) is 6.61 Å². The molecule has 1 fully saturated rings. The third-order valence-electron chi connectivity index (χ3n) is 3.10. The van der Waals surface area contributed by atoms with E-state index in [0.29, 0.717) is 24.2 Å². The van der Waals surface area contributed by atoms with Gasteiger partial charge in [0.15, 0.2) is 6.10 Å². The van der Waals surface area contributed by atoms with Crippen molar-refractivity contribution in [1.29, 1.82) is 0 Å². The maximum absolute atomic E-state index is 10.9. The van der Waals surface area contributed by atoms with Crippen LogP contribution in [0.15, 0.2) is 24.3 Å². The van der Waals surface area contributed by atoms with Crippen molar-refractivity contribution in [2.45, 2.75) is 25.4 Å². The summed E-state index contributed by atoms with van der Waals surface area (Å²) in [6.45, 7) is 0.608. The van der Waals surface area contributed by atoms with E-state index in [-0.39, 0.29) is 11.8 Å². The topological polar surface area (TPSA) is 92.7 Å². The molecular weight excluding hydrogens is 262 g/mol. The molecule has 0 aliphatic carbocycles. The lowest BCUT2D eigenvalue weighted by Crippen LogP contribution is -2.27. The minimum Gasteiger partial charge on any atom is -0.479 e. The van der Waals surface area contributed by atoms with Crippen LogP contribution in [0.3, 0.4) is 0 Å². The number of carbonyl (C=O) groups is 3. The van der Waals surface area contributed by atoms with Crippen LogP contribution in [0.1, 0.15) is 40.0 Å². The number of carboxylic acids is 1. The lowest BCUT2D eigenvalue weighted by Gasteiger charge is -2.17. The summed E-state index contributed by atoms with van der Waals surface area (Å²) in [4.78, 5) is 32.1. The van der Waals surface area contributed by atoms with Gasteiger partial charge in [0.05, 0.1) is 11.1 Å². The summed E-state index contributed by atoms with van der Waals surface area (Å²) in [5.41, 5.74) is 0.940. The number of imide groups is 1. The van der Waals surface area contributed by atoms with Gasteiger partial charge in [0.1, 0.15) is 0 Å². The molecule has 2 amide bonds. The summed E-state index contributed by atoms with van der Waals surface area (Å²) in [7, 11) is 0. The molecule has 2 N–H and O–H groups in total. The Morgan fingerprint density at radius 1 is 1.15 bits per heavy atom. The van der Waals surface area contributed by atoms with E-state index >= 15 is 0 Å². The quantitative estimate of drug-likeness (QED) is 0.753. The molecule has 3 rings (SSSR count). The van der Waals surface area contributed by atoms with Crippen molar-refractivity contribution in [3.05, 3.63) is 35.4 Å². The van der Waals surface area contributed by atoms with E-state index < -0.39 is 12.1 Å². The number of fused-ring (bicyclic) bond motifs is 1. The van der Waals surface area contributed by atoms with Gasteiger partial charge in [-0.1, -0.05) is 12.1 Å². The largest absolute Gasteiger partial charge is 0.479 e. The number of hydrogen-bond acceptors (Lipinski definition) is 4. The average molecular weight is 277 g/mol. The first-order valence-electron chi connectivity index (χ1n) is 6.38. The number of benzene rings is 1. The van der Waals surface area contributed by atoms with Gasteiger partial charge in [-0.15, -0.1) is 0 Å². The first-order valence-corrected chi connectivity index (χ1v) is 6.38. The first kappa shape index (κ1) is 14.2. The number of nitrogens with one attached hydrogen (secondary N) is 1. The van der Waals surface area contributed by atoms with Crippen LogP contribution in [0.2, 0.25) is 0 Å². The van der Waals surface area contributed by atoms with Gasteiger partial charge >= 0.3 is 5.97 Å². The van der Waals surface area contributed by atoms with Gasteiger partial charge < -0.3 is 9.84 Å². The third kappa shape index (κ3) is 3.21. The van der Waals surface area contributed by atoms with Gasteiger partial charge in [-0.2, -0.15) is 0 Å². The maximum atomic E-state index is 10.9. The summed E-state index contributed by atoms with van der Waals surface area (Å²) in [6.07, 6.45) is 2.13. The lowest BCUT2D eigenvalue weighted by atomic mass is 10.1. The van der Waals surface area contributed by atoms with Crippen LogP contribution in [0.5, 0.6) is 0 Å². The molecule has 1 aromatic rings. The summed E-state index contributed by atoms with van der Waals surface area (Å²) >= 11 is 0. The van der Waals surface area contributed by atoms with Crippen LogP contribution in [0, 0.1) is 0 Å². The molecular formula is C14H15NO5. The van der Waals surface area contributed by atoms with E-state index in [2.05, 4.69) is 5.32 Å². The maximum Gasteiger partial charge on any atom is 0.332 e. The monoisotopic (exact) mass is 277 g/mol. The molecule has 0 spiro atoms. The highest BCUT2D eigenvalue weighted by atomic mass is 16.5. The minimum atomic E-state index is -0.824. The van der Waals surface area contributed by atoms with E-state index in [1.807, 2.05) is 0 Å². The minimum absolute atomic E-state index is 0.300. The zero-order valence-electron chi connectivity index (χ0n) is 10.8. The first-order chi connectivity index (χ1) is 9.59. The Morgan fingerprint density at radius 2 is 1.75 bits per heavy atom. The van der Waals surface area contributed by atoms with Crippen LogP contribution in [0.25, 0.3) is 0 Å². The zero-order valence-corrected chi connectivity index (χ0v) is 10.8. The fourth-order valence-corrected chi connectivity index (χ4v) is 2.05. The fraction of sp³-hybridized carbons (Fsp3) is 0.357. The molecule has 6 heteroatoms. The Kier molecular flexibility index (Phi) is 4.47. The average Bonchev–Trinajstić information content (AvgIpc) is 2.76. The predicted octanol–water partition coefficient (Wildman–Crippen LogP) is 1.21. The van der Waals surface area contributed by atoms with Gasteiger partial charge in [-0.25, -0.2) is 4.79 Å². The van der Waals surface area contributed by atoms with E-state index in [0.717, 1.165) is 12.8 Å². The molecule has 1 saturated heterocycles. The molecule has 1 atom stereocenters. The number of carboxylic acid groups (broad SMARTS) is 1. The van der Waals surface area contributed by atoms with Gasteiger partial charge in [-0.3, -0.25) is 14.9 Å². The Hall–Kier alpha value is -2.21. The standard InChI is InChI=1S/C8H5NO2.C6H10O3/c10-7-5-3-1-2-4-6(5)8(11)9-7;7-6(8)5-3-1-2-4-9-5/h1-4H,(H,9,10,11);5H,1-4H2,(H,7,8). The molecule has 0 aromatic heterocycles. The number of hydrogen-bond donors (Lipinski definition) is 2. The number of amides is 2. The van der Waals surface area contributed by atoms with Crippen LogP contribution >= 0.6 is 0 Å². The summed E-state index contributed by atoms with van der Waals surface area (Å²) < 4.78 is 4.94. The highest BCUT2D eigenvalue weighted by Gasteiger charge is 2.25. The van der Waals surface area contributed by atoms with Crippen LogP contribution in [-0.2, 0) is 9.53 Å². The molecule has 1 unspecified atom stereocenters. The van der Waals surface area contributed by atoms with E-state index in [1.54, 1.807) is 24.3 Å². The molecule has 6 nitrogen and oxygen atoms in total. The number of carbonyl (C=O) groups excluding carboxylic acids is 2. The molecule has 2 heterocycles. The van der Waals surface area contributed by atoms with Crippen LogP contribution in [-0.4, -0.2) is 35.6 Å².